The number of halogens is 1. The molecule has 0 amide bonds. The van der Waals surface area contributed by atoms with Crippen molar-refractivity contribution in [2.24, 2.45) is 27.1 Å². The number of Topliss-reactive ketones (excluding diaryl/α,β-unsaturated/α-hetero) is 3. The lowest BCUT2D eigenvalue weighted by Gasteiger charge is -2.39. The van der Waals surface area contributed by atoms with Crippen molar-refractivity contribution >= 4 is 102 Å². The predicted molar refractivity (Wildman–Crippen MR) is 548 cm³/mol. The van der Waals surface area contributed by atoms with Crippen LogP contribution >= 0.6 is 15.9 Å². The average Bonchev–Trinajstić information content (AvgIpc) is 0.751. The summed E-state index contributed by atoms with van der Waals surface area (Å²) >= 11 is 3.40. The van der Waals surface area contributed by atoms with Crippen LogP contribution in [0.1, 0.15) is 240 Å². The summed E-state index contributed by atoms with van der Waals surface area (Å²) in [7, 11) is -24.7. The molecule has 7 aromatic rings. The molecule has 0 heterocycles. The Bertz CT molecular complexity index is 6600. The minimum absolute atomic E-state index is 0.0000996. The Morgan fingerprint density at radius 2 is 0.575 bits per heavy atom. The van der Waals surface area contributed by atoms with Crippen molar-refractivity contribution in [2.45, 2.75) is 299 Å². The van der Waals surface area contributed by atoms with Gasteiger partial charge in [0.25, 0.3) is 0 Å². The number of allylic oxidation sites excluding steroid dienone is 7. The minimum Gasteiger partial charge on any atom is -0.295 e. The number of hydrogen-bond donors (Lipinski definition) is 0. The van der Waals surface area contributed by atoms with E-state index in [0.717, 1.165) is 111 Å². The molecule has 0 N–H and O–H groups in total. The molecule has 5 aliphatic rings. The lowest BCUT2D eigenvalue weighted by atomic mass is 9.70. The van der Waals surface area contributed by atoms with Gasteiger partial charge >= 0.3 is 0 Å². The summed E-state index contributed by atoms with van der Waals surface area (Å²) in [5.74, 6) is -0.343. The van der Waals surface area contributed by atoms with E-state index in [2.05, 4.69) is 57.5 Å². The van der Waals surface area contributed by atoms with Gasteiger partial charge in [-0.1, -0.05) is 249 Å². The van der Waals surface area contributed by atoms with Crippen LogP contribution in [-0.2, 0) is 83.2 Å². The van der Waals surface area contributed by atoms with Crippen molar-refractivity contribution in [1.29, 1.82) is 0 Å². The molecule has 3 atom stereocenters. The Morgan fingerprint density at radius 3 is 0.903 bits per heavy atom. The average molecular weight is 2030 g/mol. The molecule has 3 unspecified atom stereocenters. The SMILES string of the molecule is CC(=CCS(=O)(=O)c1ccc(C)cc1)CC(C1=C(C)C(=O)CCC1(C)C)S(=O)(=O)c1ccc(C)cc1.CC(=CCS(=O)(=O)c1ccc(C)cc1)CC(C1=C(C)CCCC1(C)C)S(=O)(=O)c1ccc(C)cc1.CC1=C(CS(=O)(=O)c2ccc(C)cc2)C(C)(C)CC(Br)C1=O.CC1=C(CS(=O)(=O)c2ccc(C)cc2)C(C)(C)CCC1.CC1=C(CS(=O)(=O)c2ccc(C)cc2)C(C)(C)CCC1=O. The summed E-state index contributed by atoms with van der Waals surface area (Å²) < 4.78 is 183. The molecular weight excluding hydrogens is 1890 g/mol. The first kappa shape index (κ1) is 111. The lowest BCUT2D eigenvalue weighted by molar-refractivity contribution is -0.117. The smallest absolute Gasteiger partial charge is 0.185 e. The van der Waals surface area contributed by atoms with Crippen LogP contribution in [0.2, 0.25) is 0 Å². The topological polar surface area (TPSA) is 290 Å². The second-order valence-electron chi connectivity index (χ2n) is 40.8. The van der Waals surface area contributed by atoms with E-state index in [1.807, 2.05) is 121 Å². The molecule has 0 radical (unpaired) electrons. The van der Waals surface area contributed by atoms with Gasteiger partial charge in [-0.15, -0.1) is 0 Å². The molecule has 134 heavy (non-hydrogen) atoms. The molecule has 0 aliphatic heterocycles. The van der Waals surface area contributed by atoms with Gasteiger partial charge in [0.05, 0.1) is 78.4 Å². The van der Waals surface area contributed by atoms with E-state index in [0.29, 0.717) is 79.6 Å². The van der Waals surface area contributed by atoms with Gasteiger partial charge in [0.2, 0.25) is 0 Å². The van der Waals surface area contributed by atoms with E-state index in [1.165, 1.54) is 5.57 Å². The number of sulfone groups is 7. The summed E-state index contributed by atoms with van der Waals surface area (Å²) in [4.78, 5) is 38.6. The molecule has 7 aromatic carbocycles. The zero-order valence-electron chi connectivity index (χ0n) is 83.0. The number of benzene rings is 7. The van der Waals surface area contributed by atoms with Crippen LogP contribution in [0.4, 0.5) is 0 Å². The fourth-order valence-corrected chi connectivity index (χ4v) is 31.6. The summed E-state index contributed by atoms with van der Waals surface area (Å²) in [5.41, 5.74) is 15.5. The van der Waals surface area contributed by atoms with Crippen molar-refractivity contribution in [3.8, 4) is 0 Å². The van der Waals surface area contributed by atoms with Crippen LogP contribution in [0, 0.1) is 75.5 Å². The van der Waals surface area contributed by atoms with Gasteiger partial charge < -0.3 is 0 Å². The Balaban J connectivity index is 0.000000211. The summed E-state index contributed by atoms with van der Waals surface area (Å²) in [6.45, 7) is 47.0. The monoisotopic (exact) mass is 2020 g/mol. The third-order valence-corrected chi connectivity index (χ3v) is 40.4. The molecule has 5 aliphatic carbocycles. The summed E-state index contributed by atoms with van der Waals surface area (Å²) in [5, 5.41) is -1.68. The first-order valence-electron chi connectivity index (χ1n) is 45.9. The molecular formula is C109H141BrO17S7. The lowest BCUT2D eigenvalue weighted by Crippen LogP contribution is -2.37. The number of alkyl halides is 1. The highest BCUT2D eigenvalue weighted by atomic mass is 79.9. The molecule has 0 spiro atoms. The fourth-order valence-electron chi connectivity index (χ4n) is 18.5. The standard InChI is InChI=1S/C29H36O5S2.C29H38O4S2.C17H21BrO3S.C17H22O3S.C17H24O2S/c1-20-7-11-24(12-8-20)35(31,32)18-16-22(3)19-27(28-23(4)26(30)15-17-29(28,5)6)36(33,34)25-13-9-21(2)10-14-25;1-21-9-13-25(14-10-21)34(30,31)19-17-23(3)20-27(28-24(4)8-7-18-29(28,5)6)35(32,33)26-15-11-22(2)12-16-26;1-11-5-7-13(8-6-11)22(20,21)10-14-12(2)16(19)15(18)9-17(14,3)4;1-12-5-7-14(8-6-12)21(19,20)11-15-13(2)16(18)9-10-17(15,3)4;1-13-7-9-15(10-8-13)20(18,19)12-16-14(2)6-5-11-17(16,3)4/h7-14,16,27H,15,17-19H2,1-6H3;9-17,27H,7-8,18-20H2,1-6H3;5-8,15H,9-10H2,1-4H3;5-8H,9-11H2,1-4H3;7-10H,5-6,11-12H2,1-4H3. The number of aryl methyl sites for hydroxylation is 7. The van der Waals surface area contributed by atoms with E-state index >= 15 is 0 Å². The normalized spacial score (nSPS) is 18.9. The van der Waals surface area contributed by atoms with Crippen molar-refractivity contribution in [3.63, 3.8) is 0 Å². The predicted octanol–water partition coefficient (Wildman–Crippen LogP) is 24.4. The quantitative estimate of drug-likeness (QED) is 0.0379. The van der Waals surface area contributed by atoms with Gasteiger partial charge in [-0.3, -0.25) is 14.4 Å². The van der Waals surface area contributed by atoms with Crippen LogP contribution in [0.5, 0.6) is 0 Å². The molecule has 0 bridgehead atoms. The summed E-state index contributed by atoms with van der Waals surface area (Å²) in [6, 6.07) is 48.1. The van der Waals surface area contributed by atoms with Gasteiger partial charge in [-0.05, 0) is 319 Å². The van der Waals surface area contributed by atoms with Gasteiger partial charge in [0.1, 0.15) is 0 Å². The van der Waals surface area contributed by atoms with Gasteiger partial charge in [0, 0.05) is 12.8 Å². The second kappa shape index (κ2) is 44.3. The Hall–Kier alpha value is -8.14. The molecule has 12 rings (SSSR count). The molecule has 0 saturated heterocycles. The van der Waals surface area contributed by atoms with E-state index in [4.69, 9.17) is 0 Å². The maximum absolute atomic E-state index is 14.0. The van der Waals surface area contributed by atoms with Crippen molar-refractivity contribution in [3.05, 3.63) is 288 Å². The van der Waals surface area contributed by atoms with Crippen LogP contribution < -0.4 is 0 Å². The molecule has 17 nitrogen and oxygen atoms in total. The third kappa shape index (κ3) is 28.6. The Kier molecular flexibility index (Phi) is 36.8. The van der Waals surface area contributed by atoms with Gasteiger partial charge in [-0.25, -0.2) is 58.9 Å². The highest BCUT2D eigenvalue weighted by Crippen LogP contribution is 2.50. The molecule has 728 valence electrons. The molecule has 0 saturated carbocycles. The summed E-state index contributed by atoms with van der Waals surface area (Å²) in [6.07, 6.45) is 12.6. The van der Waals surface area contributed by atoms with Crippen molar-refractivity contribution in [2.75, 3.05) is 28.8 Å². The Labute approximate surface area is 811 Å². The number of rotatable bonds is 25. The van der Waals surface area contributed by atoms with E-state index in [1.54, 1.807) is 185 Å². The van der Waals surface area contributed by atoms with Gasteiger partial charge in [-0.2, -0.15) is 0 Å². The molecule has 25 heteroatoms. The minimum atomic E-state index is -3.85. The zero-order chi connectivity index (χ0) is 100. The third-order valence-electron chi connectivity index (χ3n) is 27.3. The Morgan fingerprint density at radius 1 is 0.313 bits per heavy atom. The first-order valence-corrected chi connectivity index (χ1v) is 58.2. The van der Waals surface area contributed by atoms with Crippen LogP contribution in [0.3, 0.4) is 0 Å². The number of hydrogen-bond acceptors (Lipinski definition) is 17. The van der Waals surface area contributed by atoms with Gasteiger partial charge in [0.15, 0.2) is 86.2 Å². The van der Waals surface area contributed by atoms with E-state index in [-0.39, 0.29) is 100 Å². The van der Waals surface area contributed by atoms with Crippen LogP contribution in [-0.4, -0.2) is 120 Å². The van der Waals surface area contributed by atoms with Crippen molar-refractivity contribution < 1.29 is 73.3 Å². The zero-order valence-corrected chi connectivity index (χ0v) is 90.3. The van der Waals surface area contributed by atoms with E-state index < -0.39 is 84.8 Å². The maximum atomic E-state index is 14.0. The number of carbonyl (C=O) groups is 3. The second-order valence-corrected chi connectivity index (χ2v) is 56.2. The molecule has 0 aromatic heterocycles. The first-order chi connectivity index (χ1) is 61.8. The van der Waals surface area contributed by atoms with Crippen LogP contribution in [0.15, 0.2) is 283 Å². The highest BCUT2D eigenvalue weighted by molar-refractivity contribution is 9.10. The largest absolute Gasteiger partial charge is 0.295 e. The fraction of sp³-hybridized carbons (Fsp3) is 0.459. The number of ketones is 3. The van der Waals surface area contributed by atoms with Crippen LogP contribution in [0.25, 0.3) is 0 Å². The molecule has 0 fully saturated rings. The van der Waals surface area contributed by atoms with E-state index in [9.17, 15) is 73.3 Å². The maximum Gasteiger partial charge on any atom is 0.185 e. The highest BCUT2D eigenvalue weighted by Gasteiger charge is 2.46. The van der Waals surface area contributed by atoms with Crippen molar-refractivity contribution in [1.82, 2.24) is 0 Å². The number of carbonyl (C=O) groups excluding carboxylic acids is 3.